The fourth-order valence-electron chi connectivity index (χ4n) is 6.12. The molecule has 0 aromatic heterocycles. The van der Waals surface area contributed by atoms with Crippen LogP contribution in [0, 0.1) is 5.82 Å². The van der Waals surface area contributed by atoms with Gasteiger partial charge in [-0.2, -0.15) is 0 Å². The highest BCUT2D eigenvalue weighted by Gasteiger charge is 2.29. The lowest BCUT2D eigenvalue weighted by Crippen LogP contribution is -2.46. The molecule has 1 aliphatic carbocycles. The summed E-state index contributed by atoms with van der Waals surface area (Å²) in [4.78, 5) is 4.65. The standard InChI is InChI=1S/C34H44FN3O3.C2H6/c1-23(2)41-24(3)37-15-13-31(14-16-37)38(30-11-9-29(35)10-12-30)22-25-17-28(21-36-20-25)27-18-32(26-7-6-8-26)34(40-5)33(19-27)39-4;1-2/h9-12,17-20,23,26,31,36H,3,6-8,13-16,21-22H2,1-2,4-5H3;1-2H3. The van der Waals surface area contributed by atoms with Crippen LogP contribution in [0.15, 0.2) is 66.7 Å². The van der Waals surface area contributed by atoms with Crippen molar-refractivity contribution in [2.45, 2.75) is 77.9 Å². The number of likely N-dealkylation sites (tertiary alicyclic amines) is 1. The lowest BCUT2D eigenvalue weighted by molar-refractivity contribution is 0.0605. The number of halogens is 1. The maximum absolute atomic E-state index is 13.9. The topological polar surface area (TPSA) is 46.2 Å². The largest absolute Gasteiger partial charge is 0.493 e. The zero-order valence-electron chi connectivity index (χ0n) is 26.9. The number of piperidine rings is 1. The third-order valence-electron chi connectivity index (χ3n) is 8.50. The molecule has 0 spiro atoms. The Bertz CT molecular complexity index is 1280. The minimum Gasteiger partial charge on any atom is -0.493 e. The SMILES string of the molecule is C=C(OC(C)C)N1CCC(N(CC2=CNCC(c3cc(OC)c(OC)c(C4CCC4)c3)=C2)c2ccc(F)cc2)CC1.CC. The Morgan fingerprint density at radius 1 is 1.05 bits per heavy atom. The highest BCUT2D eigenvalue weighted by Crippen LogP contribution is 2.46. The van der Waals surface area contributed by atoms with Crippen molar-refractivity contribution in [3.05, 3.63) is 83.7 Å². The van der Waals surface area contributed by atoms with Crippen LogP contribution in [0.5, 0.6) is 11.5 Å². The Hall–Kier alpha value is -3.61. The van der Waals surface area contributed by atoms with Gasteiger partial charge in [0.2, 0.25) is 0 Å². The number of anilines is 1. The Morgan fingerprint density at radius 2 is 1.74 bits per heavy atom. The van der Waals surface area contributed by atoms with E-state index in [1.54, 1.807) is 26.4 Å². The summed E-state index contributed by atoms with van der Waals surface area (Å²) in [6.07, 6.45) is 10.1. The molecule has 0 atom stereocenters. The van der Waals surface area contributed by atoms with Crippen LogP contribution in [0.4, 0.5) is 10.1 Å². The van der Waals surface area contributed by atoms with Crippen LogP contribution in [0.1, 0.15) is 76.8 Å². The fraction of sp³-hybridized carbons (Fsp3) is 0.500. The van der Waals surface area contributed by atoms with Gasteiger partial charge in [0.1, 0.15) is 5.82 Å². The summed E-state index contributed by atoms with van der Waals surface area (Å²) in [6, 6.07) is 11.6. The van der Waals surface area contributed by atoms with E-state index in [4.69, 9.17) is 14.2 Å². The number of benzene rings is 2. The van der Waals surface area contributed by atoms with E-state index in [-0.39, 0.29) is 11.9 Å². The van der Waals surface area contributed by atoms with Gasteiger partial charge in [0.05, 0.1) is 20.3 Å². The van der Waals surface area contributed by atoms with Crippen LogP contribution >= 0.6 is 0 Å². The van der Waals surface area contributed by atoms with Crippen molar-refractivity contribution in [1.29, 1.82) is 0 Å². The Morgan fingerprint density at radius 3 is 2.33 bits per heavy atom. The van der Waals surface area contributed by atoms with Crippen molar-refractivity contribution in [2.24, 2.45) is 0 Å². The van der Waals surface area contributed by atoms with Gasteiger partial charge < -0.3 is 29.3 Å². The van der Waals surface area contributed by atoms with Gasteiger partial charge in [-0.05, 0) is 105 Å². The van der Waals surface area contributed by atoms with Crippen LogP contribution in [0.25, 0.3) is 5.57 Å². The smallest absolute Gasteiger partial charge is 0.182 e. The number of dihydropyridines is 1. The highest BCUT2D eigenvalue weighted by molar-refractivity contribution is 5.74. The van der Waals surface area contributed by atoms with E-state index in [0.29, 0.717) is 12.0 Å². The fourth-order valence-corrected chi connectivity index (χ4v) is 6.12. The molecule has 234 valence electrons. The highest BCUT2D eigenvalue weighted by atomic mass is 19.1. The molecule has 3 aliphatic rings. The van der Waals surface area contributed by atoms with Gasteiger partial charge in [-0.15, -0.1) is 0 Å². The first-order valence-corrected chi connectivity index (χ1v) is 15.9. The molecule has 1 saturated heterocycles. The first-order chi connectivity index (χ1) is 20.9. The molecule has 0 bridgehead atoms. The van der Waals surface area contributed by atoms with Gasteiger partial charge in [0.25, 0.3) is 0 Å². The lowest BCUT2D eigenvalue weighted by Gasteiger charge is -2.41. The van der Waals surface area contributed by atoms with E-state index < -0.39 is 0 Å². The number of nitrogens with zero attached hydrogens (tertiary/aromatic N) is 2. The number of hydrogen-bond donors (Lipinski definition) is 1. The number of rotatable bonds is 11. The molecular formula is C36H50FN3O3. The van der Waals surface area contributed by atoms with Crippen LogP contribution in [-0.2, 0) is 4.74 Å². The average Bonchev–Trinajstić information content (AvgIpc) is 3.00. The molecule has 43 heavy (non-hydrogen) atoms. The monoisotopic (exact) mass is 591 g/mol. The van der Waals surface area contributed by atoms with Crippen LogP contribution < -0.4 is 19.7 Å². The zero-order valence-corrected chi connectivity index (χ0v) is 26.9. The van der Waals surface area contributed by atoms with Crippen molar-refractivity contribution in [1.82, 2.24) is 10.2 Å². The van der Waals surface area contributed by atoms with Gasteiger partial charge in [-0.25, -0.2) is 4.39 Å². The Balaban J connectivity index is 0.00000207. The minimum absolute atomic E-state index is 0.109. The number of methoxy groups -OCH3 is 2. The summed E-state index contributed by atoms with van der Waals surface area (Å²) < 4.78 is 31.3. The van der Waals surface area contributed by atoms with E-state index in [1.807, 2.05) is 39.8 Å². The molecule has 7 heteroatoms. The summed E-state index contributed by atoms with van der Waals surface area (Å²) in [5.41, 5.74) is 5.84. The molecule has 0 unspecified atom stereocenters. The first-order valence-electron chi connectivity index (χ1n) is 15.9. The predicted octanol–water partition coefficient (Wildman–Crippen LogP) is 7.87. The molecule has 2 heterocycles. The number of nitrogens with one attached hydrogen (secondary N) is 1. The second-order valence-electron chi connectivity index (χ2n) is 11.6. The molecule has 6 nitrogen and oxygen atoms in total. The number of hydrogen-bond acceptors (Lipinski definition) is 6. The van der Waals surface area contributed by atoms with Crippen molar-refractivity contribution in [2.75, 3.05) is 45.3 Å². The van der Waals surface area contributed by atoms with E-state index in [0.717, 1.165) is 67.7 Å². The van der Waals surface area contributed by atoms with Crippen molar-refractivity contribution in [3.8, 4) is 11.5 Å². The molecule has 1 N–H and O–H groups in total. The molecule has 5 rings (SSSR count). The Kier molecular flexibility index (Phi) is 11.4. The summed E-state index contributed by atoms with van der Waals surface area (Å²) in [7, 11) is 3.44. The predicted molar refractivity (Wildman–Crippen MR) is 175 cm³/mol. The van der Waals surface area contributed by atoms with Crippen molar-refractivity contribution in [3.63, 3.8) is 0 Å². The van der Waals surface area contributed by atoms with E-state index in [9.17, 15) is 4.39 Å². The van der Waals surface area contributed by atoms with Gasteiger partial charge in [-0.1, -0.05) is 26.3 Å². The summed E-state index contributed by atoms with van der Waals surface area (Å²) >= 11 is 0. The summed E-state index contributed by atoms with van der Waals surface area (Å²) in [5, 5.41) is 3.51. The average molecular weight is 592 g/mol. The molecule has 2 fully saturated rings. The molecule has 1 saturated carbocycles. The zero-order chi connectivity index (χ0) is 30.9. The first kappa shape index (κ1) is 32.3. The van der Waals surface area contributed by atoms with Gasteiger partial charge in [0, 0.05) is 49.7 Å². The number of ether oxygens (including phenoxy) is 3. The third-order valence-corrected chi connectivity index (χ3v) is 8.50. The summed E-state index contributed by atoms with van der Waals surface area (Å²) in [5.74, 6) is 2.69. The van der Waals surface area contributed by atoms with Crippen LogP contribution in [-0.4, -0.2) is 57.4 Å². The van der Waals surface area contributed by atoms with E-state index in [1.165, 1.54) is 36.0 Å². The molecule has 0 amide bonds. The molecule has 0 radical (unpaired) electrons. The second-order valence-corrected chi connectivity index (χ2v) is 11.6. The maximum atomic E-state index is 13.9. The normalized spacial score (nSPS) is 17.1. The van der Waals surface area contributed by atoms with Crippen LogP contribution in [0.2, 0.25) is 0 Å². The molecular weight excluding hydrogens is 541 g/mol. The van der Waals surface area contributed by atoms with Crippen molar-refractivity contribution < 1.29 is 18.6 Å². The second kappa shape index (κ2) is 15.2. The van der Waals surface area contributed by atoms with E-state index >= 15 is 0 Å². The van der Waals surface area contributed by atoms with Crippen LogP contribution in [0.3, 0.4) is 0 Å². The van der Waals surface area contributed by atoms with Gasteiger partial charge in [-0.3, -0.25) is 0 Å². The van der Waals surface area contributed by atoms with E-state index in [2.05, 4.69) is 46.1 Å². The molecule has 2 aromatic rings. The minimum atomic E-state index is -0.220. The van der Waals surface area contributed by atoms with Crippen molar-refractivity contribution >= 4 is 11.3 Å². The lowest BCUT2D eigenvalue weighted by atomic mass is 9.78. The Labute approximate surface area is 258 Å². The summed E-state index contributed by atoms with van der Waals surface area (Å²) in [6.45, 7) is 15.4. The van der Waals surface area contributed by atoms with Gasteiger partial charge in [0.15, 0.2) is 17.4 Å². The third kappa shape index (κ3) is 7.87. The van der Waals surface area contributed by atoms with Gasteiger partial charge >= 0.3 is 0 Å². The quantitative estimate of drug-likeness (QED) is 0.268. The maximum Gasteiger partial charge on any atom is 0.182 e. The molecule has 2 aromatic carbocycles. The molecule has 2 aliphatic heterocycles.